The van der Waals surface area contributed by atoms with Gasteiger partial charge in [0.05, 0.1) is 5.60 Å². The zero-order valence-electron chi connectivity index (χ0n) is 21.9. The summed E-state index contributed by atoms with van der Waals surface area (Å²) >= 11 is 0. The lowest BCUT2D eigenvalue weighted by Gasteiger charge is -2.69. The highest BCUT2D eigenvalue weighted by atomic mass is 16.3. The molecule has 0 heterocycles. The first-order chi connectivity index (χ1) is 14.7. The Balaban J connectivity index is 1.63. The van der Waals surface area contributed by atoms with Gasteiger partial charge in [-0.15, -0.1) is 0 Å². The maximum atomic E-state index is 12.8. The van der Waals surface area contributed by atoms with E-state index >= 15 is 0 Å². The second-order valence-corrected chi connectivity index (χ2v) is 13.8. The molecular weight excluding hydrogens is 392 g/mol. The first-order valence-electron chi connectivity index (χ1n) is 13.3. The van der Waals surface area contributed by atoms with Crippen LogP contribution in [0.2, 0.25) is 0 Å². The van der Waals surface area contributed by atoms with Crippen LogP contribution in [-0.2, 0) is 4.79 Å². The number of Topliss-reactive ketones (excluding diaryl/α,β-unsaturated/α-hetero) is 1. The van der Waals surface area contributed by atoms with Gasteiger partial charge in [0, 0.05) is 11.8 Å². The molecule has 0 aromatic rings. The monoisotopic (exact) mass is 440 g/mol. The molecule has 0 aromatic carbocycles. The molecule has 0 amide bonds. The summed E-state index contributed by atoms with van der Waals surface area (Å²) < 4.78 is 0. The molecule has 4 fully saturated rings. The summed E-state index contributed by atoms with van der Waals surface area (Å²) in [6.07, 6.45) is 14.0. The van der Waals surface area contributed by atoms with E-state index in [2.05, 4.69) is 60.3 Å². The molecule has 0 aromatic heterocycles. The van der Waals surface area contributed by atoms with Crippen LogP contribution in [-0.4, -0.2) is 16.5 Å². The minimum absolute atomic E-state index is 0.177. The molecule has 4 rings (SSSR count). The Labute approximate surface area is 197 Å². The van der Waals surface area contributed by atoms with E-state index in [0.29, 0.717) is 41.3 Å². The predicted octanol–water partition coefficient (Wildman–Crippen LogP) is 7.51. The van der Waals surface area contributed by atoms with Crippen molar-refractivity contribution in [3.63, 3.8) is 0 Å². The van der Waals surface area contributed by atoms with Gasteiger partial charge in [-0.25, -0.2) is 0 Å². The molecule has 0 bridgehead atoms. The van der Waals surface area contributed by atoms with Crippen LogP contribution in [0.5, 0.6) is 0 Å². The van der Waals surface area contributed by atoms with Gasteiger partial charge in [0.15, 0.2) is 0 Å². The number of carbonyl (C=O) groups excluding carboxylic acids is 1. The first kappa shape index (κ1) is 24.2. The molecule has 8 atom stereocenters. The number of rotatable bonds is 4. The standard InChI is InChI=1S/C30H48O2/c1-20(2)10-9-16-30(8,32)22-13-18-28(6)21(22)11-12-24-27(5)17-15-25(31)26(3,4)23(27)14-19-29(24,28)7/h9-10,21-24,32H,1,11-19H2,2-8H3. The van der Waals surface area contributed by atoms with E-state index in [9.17, 15) is 9.90 Å². The van der Waals surface area contributed by atoms with Crippen molar-refractivity contribution in [2.24, 2.45) is 45.3 Å². The molecule has 4 aliphatic rings. The third-order valence-electron chi connectivity index (χ3n) is 11.9. The molecule has 4 saturated carbocycles. The van der Waals surface area contributed by atoms with Crippen molar-refractivity contribution in [2.45, 2.75) is 112 Å². The lowest BCUT2D eigenvalue weighted by atomic mass is 9.35. The first-order valence-corrected chi connectivity index (χ1v) is 13.3. The van der Waals surface area contributed by atoms with Crippen LogP contribution in [0.15, 0.2) is 24.3 Å². The third-order valence-corrected chi connectivity index (χ3v) is 11.9. The molecule has 180 valence electrons. The predicted molar refractivity (Wildman–Crippen MR) is 133 cm³/mol. The number of aliphatic hydroxyl groups is 1. The van der Waals surface area contributed by atoms with E-state index in [4.69, 9.17) is 0 Å². The lowest BCUT2D eigenvalue weighted by Crippen LogP contribution is -2.63. The van der Waals surface area contributed by atoms with Gasteiger partial charge < -0.3 is 5.11 Å². The largest absolute Gasteiger partial charge is 0.390 e. The molecule has 4 aliphatic carbocycles. The van der Waals surface area contributed by atoms with Crippen LogP contribution < -0.4 is 0 Å². The number of fused-ring (bicyclic) bond motifs is 5. The van der Waals surface area contributed by atoms with E-state index in [-0.39, 0.29) is 16.2 Å². The number of allylic oxidation sites excluding steroid dienone is 2. The molecule has 0 radical (unpaired) electrons. The van der Waals surface area contributed by atoms with Gasteiger partial charge in [-0.05, 0) is 105 Å². The van der Waals surface area contributed by atoms with Gasteiger partial charge >= 0.3 is 0 Å². The van der Waals surface area contributed by atoms with Crippen molar-refractivity contribution in [2.75, 3.05) is 0 Å². The summed E-state index contributed by atoms with van der Waals surface area (Å²) in [5.41, 5.74) is 1.06. The van der Waals surface area contributed by atoms with Crippen molar-refractivity contribution in [3.05, 3.63) is 24.3 Å². The van der Waals surface area contributed by atoms with Gasteiger partial charge in [-0.3, -0.25) is 4.79 Å². The summed E-state index contributed by atoms with van der Waals surface area (Å²) in [5.74, 6) is 2.66. The quantitative estimate of drug-likeness (QED) is 0.459. The minimum atomic E-state index is -0.655. The Morgan fingerprint density at radius 2 is 1.69 bits per heavy atom. The second kappa shape index (κ2) is 7.56. The molecule has 32 heavy (non-hydrogen) atoms. The van der Waals surface area contributed by atoms with Gasteiger partial charge in [0.2, 0.25) is 0 Å². The Morgan fingerprint density at radius 3 is 2.34 bits per heavy atom. The summed E-state index contributed by atoms with van der Waals surface area (Å²) in [6, 6.07) is 0. The molecule has 0 spiro atoms. The summed E-state index contributed by atoms with van der Waals surface area (Å²) in [7, 11) is 0. The fraction of sp³-hybridized carbons (Fsp3) is 0.833. The van der Waals surface area contributed by atoms with Crippen LogP contribution >= 0.6 is 0 Å². The van der Waals surface area contributed by atoms with Crippen LogP contribution in [0, 0.1) is 45.3 Å². The van der Waals surface area contributed by atoms with Crippen molar-refractivity contribution in [1.29, 1.82) is 0 Å². The van der Waals surface area contributed by atoms with Gasteiger partial charge in [0.25, 0.3) is 0 Å². The maximum Gasteiger partial charge on any atom is 0.138 e. The van der Waals surface area contributed by atoms with Gasteiger partial charge in [0.1, 0.15) is 5.78 Å². The Morgan fingerprint density at radius 1 is 1.03 bits per heavy atom. The fourth-order valence-corrected chi connectivity index (χ4v) is 9.94. The maximum absolute atomic E-state index is 12.8. The van der Waals surface area contributed by atoms with E-state index in [1.807, 2.05) is 6.92 Å². The van der Waals surface area contributed by atoms with Crippen molar-refractivity contribution < 1.29 is 9.90 Å². The van der Waals surface area contributed by atoms with E-state index < -0.39 is 5.60 Å². The topological polar surface area (TPSA) is 37.3 Å². The lowest BCUT2D eigenvalue weighted by molar-refractivity contribution is -0.206. The highest BCUT2D eigenvalue weighted by Gasteiger charge is 2.69. The minimum Gasteiger partial charge on any atom is -0.390 e. The molecule has 2 nitrogen and oxygen atoms in total. The normalized spacial score (nSPS) is 47.4. The van der Waals surface area contributed by atoms with Crippen LogP contribution in [0.1, 0.15) is 106 Å². The number of hydrogen-bond donors (Lipinski definition) is 1. The SMILES string of the molecule is C=C(C)C=CCC(C)(O)C1CCC2(C)C1CCC1C3(C)CCC(=O)C(C)(C)C3CCC12C. The molecular formula is C30H48O2. The number of hydrogen-bond acceptors (Lipinski definition) is 2. The highest BCUT2D eigenvalue weighted by Crippen LogP contribution is 2.75. The van der Waals surface area contributed by atoms with Crippen molar-refractivity contribution in [3.8, 4) is 0 Å². The molecule has 8 unspecified atom stereocenters. The van der Waals surface area contributed by atoms with E-state index in [1.54, 1.807) is 0 Å². The van der Waals surface area contributed by atoms with E-state index in [1.165, 1.54) is 32.1 Å². The van der Waals surface area contributed by atoms with Crippen LogP contribution in [0.4, 0.5) is 0 Å². The summed E-state index contributed by atoms with van der Waals surface area (Å²) in [6.45, 7) is 20.2. The number of ketones is 1. The zero-order valence-corrected chi connectivity index (χ0v) is 21.9. The van der Waals surface area contributed by atoms with Gasteiger partial charge in [-0.2, -0.15) is 0 Å². The van der Waals surface area contributed by atoms with E-state index in [0.717, 1.165) is 24.8 Å². The third kappa shape index (κ3) is 3.25. The molecule has 1 N–H and O–H groups in total. The van der Waals surface area contributed by atoms with Crippen LogP contribution in [0.3, 0.4) is 0 Å². The van der Waals surface area contributed by atoms with Crippen molar-refractivity contribution in [1.82, 2.24) is 0 Å². The molecule has 2 heteroatoms. The van der Waals surface area contributed by atoms with Gasteiger partial charge in [-0.1, -0.05) is 58.9 Å². The van der Waals surface area contributed by atoms with Crippen molar-refractivity contribution >= 4 is 5.78 Å². The Kier molecular flexibility index (Phi) is 5.72. The molecule has 0 saturated heterocycles. The van der Waals surface area contributed by atoms with Crippen LogP contribution in [0.25, 0.3) is 0 Å². The average Bonchev–Trinajstić information content (AvgIpc) is 3.04. The Bertz CT molecular complexity index is 819. The average molecular weight is 441 g/mol. The summed E-state index contributed by atoms with van der Waals surface area (Å²) in [4.78, 5) is 12.8. The summed E-state index contributed by atoms with van der Waals surface area (Å²) in [5, 5.41) is 11.6. The fourth-order valence-electron chi connectivity index (χ4n) is 9.94. The second-order valence-electron chi connectivity index (χ2n) is 13.8. The zero-order chi connectivity index (χ0) is 23.7. The number of carbonyl (C=O) groups is 1. The Hall–Kier alpha value is -0.890. The smallest absolute Gasteiger partial charge is 0.138 e. The highest BCUT2D eigenvalue weighted by molar-refractivity contribution is 5.85. The molecule has 0 aliphatic heterocycles.